The topological polar surface area (TPSA) is 196 Å². The number of halogens is 3. The molecule has 1 N–H and O–H groups in total. The van der Waals surface area contributed by atoms with Crippen molar-refractivity contribution in [3.05, 3.63) is 106 Å². The fraction of sp³-hybridized carbons (Fsp3) is 0.286. The number of nitrogens with zero attached hydrogens (tertiary/aromatic N) is 6. The molecule has 0 radical (unpaired) electrons. The summed E-state index contributed by atoms with van der Waals surface area (Å²) >= 11 is 0. The number of alkyl halides is 3. The first-order chi connectivity index (χ1) is 25.9. The number of hydrazine groups is 1. The van der Waals surface area contributed by atoms with Gasteiger partial charge in [0.05, 0.1) is 45.8 Å². The Hall–Kier alpha value is -6.31. The Labute approximate surface area is 312 Å². The SMILES string of the molecule is Cc1ccc(-c2cc(C(F)(F)F)nn2-c2ccc(S(=O)(=O)NC(=O)CCC(=O)OC[C@H](C)N(C)/[N+]([O-])=N/OC(C)N3C(=O)c4ccccc4C3=O)cc2)cc1. The minimum absolute atomic E-state index is 0.0236. The minimum Gasteiger partial charge on any atom is -0.569 e. The maximum atomic E-state index is 13.5. The fourth-order valence-electron chi connectivity index (χ4n) is 5.20. The highest BCUT2D eigenvalue weighted by molar-refractivity contribution is 7.90. The second-order valence-electron chi connectivity index (χ2n) is 12.4. The molecule has 1 aliphatic rings. The van der Waals surface area contributed by atoms with Crippen molar-refractivity contribution in [3.63, 3.8) is 0 Å². The molecule has 2 atom stereocenters. The summed E-state index contributed by atoms with van der Waals surface area (Å²) in [6.07, 6.45) is -7.07. The van der Waals surface area contributed by atoms with Gasteiger partial charge in [-0.15, -0.1) is 5.01 Å². The van der Waals surface area contributed by atoms with Crippen LogP contribution >= 0.6 is 0 Å². The molecule has 4 aromatic rings. The van der Waals surface area contributed by atoms with Gasteiger partial charge in [-0.1, -0.05) is 42.0 Å². The molecule has 0 bridgehead atoms. The van der Waals surface area contributed by atoms with E-state index >= 15 is 0 Å². The molecular weight excluding hydrogens is 751 g/mol. The number of esters is 1. The number of sulfonamides is 1. The number of rotatable bonds is 14. The lowest BCUT2D eigenvalue weighted by molar-refractivity contribution is -0.713. The number of ether oxygens (including phenoxy) is 1. The molecule has 0 aliphatic carbocycles. The van der Waals surface area contributed by atoms with E-state index in [1.54, 1.807) is 36.4 Å². The third-order valence-corrected chi connectivity index (χ3v) is 9.78. The van der Waals surface area contributed by atoms with Crippen molar-refractivity contribution >= 4 is 33.7 Å². The molecule has 3 aromatic carbocycles. The lowest BCUT2D eigenvalue weighted by atomic mass is 10.1. The monoisotopic (exact) mass is 785 g/mol. The first-order valence-electron chi connectivity index (χ1n) is 16.5. The second-order valence-corrected chi connectivity index (χ2v) is 14.1. The Kier molecular flexibility index (Phi) is 11.6. The second kappa shape index (κ2) is 16.0. The highest BCUT2D eigenvalue weighted by atomic mass is 32.2. The summed E-state index contributed by atoms with van der Waals surface area (Å²) in [4.78, 5) is 55.5. The maximum absolute atomic E-state index is 13.5. The smallest absolute Gasteiger partial charge is 0.435 e. The first kappa shape index (κ1) is 39.9. The van der Waals surface area contributed by atoms with E-state index in [-0.39, 0.29) is 39.0 Å². The number of likely N-dealkylation sites (N-methyl/N-ethyl adjacent to an activating group) is 1. The maximum Gasteiger partial charge on any atom is 0.435 e. The summed E-state index contributed by atoms with van der Waals surface area (Å²) in [5.74, 6) is -3.14. The molecule has 1 aromatic heterocycles. The molecular formula is C35H34F3N7O9S. The number of carbonyl (C=O) groups is 4. The lowest BCUT2D eigenvalue weighted by Gasteiger charge is -2.22. The van der Waals surface area contributed by atoms with Crippen LogP contribution in [0.1, 0.15) is 58.7 Å². The number of fused-ring (bicyclic) bond motifs is 1. The highest BCUT2D eigenvalue weighted by Gasteiger charge is 2.40. The molecule has 1 unspecified atom stereocenters. The van der Waals surface area contributed by atoms with E-state index < -0.39 is 70.7 Å². The Morgan fingerprint density at radius 2 is 1.58 bits per heavy atom. The van der Waals surface area contributed by atoms with Crippen molar-refractivity contribution in [2.24, 2.45) is 5.28 Å². The van der Waals surface area contributed by atoms with Gasteiger partial charge in [0.15, 0.2) is 5.69 Å². The van der Waals surface area contributed by atoms with Crippen molar-refractivity contribution in [1.29, 1.82) is 0 Å². The van der Waals surface area contributed by atoms with Gasteiger partial charge < -0.3 is 14.8 Å². The molecule has 2 heterocycles. The van der Waals surface area contributed by atoms with E-state index in [0.717, 1.165) is 38.4 Å². The van der Waals surface area contributed by atoms with Crippen LogP contribution in [0.15, 0.2) is 89.0 Å². The normalized spacial score (nSPS) is 14.3. The number of benzene rings is 3. The lowest BCUT2D eigenvalue weighted by Crippen LogP contribution is -2.41. The van der Waals surface area contributed by atoms with Gasteiger partial charge in [-0.3, -0.25) is 19.2 Å². The quantitative estimate of drug-likeness (QED) is 0.0608. The van der Waals surface area contributed by atoms with Crippen molar-refractivity contribution in [1.82, 2.24) is 24.4 Å². The van der Waals surface area contributed by atoms with E-state index in [2.05, 4.69) is 10.4 Å². The van der Waals surface area contributed by atoms with Crippen LogP contribution in [0, 0.1) is 12.1 Å². The number of imide groups is 1. The molecule has 3 amide bonds. The highest BCUT2D eigenvalue weighted by Crippen LogP contribution is 2.33. The Morgan fingerprint density at radius 3 is 2.16 bits per heavy atom. The van der Waals surface area contributed by atoms with Crippen LogP contribution in [0.2, 0.25) is 0 Å². The Balaban J connectivity index is 1.10. The van der Waals surface area contributed by atoms with E-state index in [1.807, 2.05) is 11.6 Å². The van der Waals surface area contributed by atoms with Gasteiger partial charge in [0.1, 0.15) is 12.6 Å². The summed E-state index contributed by atoms with van der Waals surface area (Å²) in [5.41, 5.74) is 0.806. The zero-order chi connectivity index (χ0) is 40.2. The van der Waals surface area contributed by atoms with Gasteiger partial charge in [0.25, 0.3) is 21.8 Å². The Bertz CT molecular complexity index is 2210. The average Bonchev–Trinajstić information content (AvgIpc) is 3.71. The molecule has 0 fully saturated rings. The molecule has 0 spiro atoms. The van der Waals surface area contributed by atoms with Gasteiger partial charge in [-0.2, -0.15) is 18.3 Å². The van der Waals surface area contributed by atoms with E-state index in [4.69, 9.17) is 9.57 Å². The number of carbonyl (C=O) groups excluding carboxylic acids is 4. The van der Waals surface area contributed by atoms with Crippen LogP contribution in [0.5, 0.6) is 0 Å². The third-order valence-electron chi connectivity index (χ3n) is 8.40. The van der Waals surface area contributed by atoms with E-state index in [9.17, 15) is 46.0 Å². The van der Waals surface area contributed by atoms with Crippen molar-refractivity contribution < 1.29 is 55.3 Å². The van der Waals surface area contributed by atoms with Gasteiger partial charge >= 0.3 is 12.1 Å². The first-order valence-corrected chi connectivity index (χ1v) is 18.0. The van der Waals surface area contributed by atoms with Crippen LogP contribution in [-0.4, -0.2) is 82.7 Å². The van der Waals surface area contributed by atoms with Crippen LogP contribution in [0.4, 0.5) is 13.2 Å². The minimum atomic E-state index is -4.74. The van der Waals surface area contributed by atoms with Crippen LogP contribution in [0.3, 0.4) is 0 Å². The summed E-state index contributed by atoms with van der Waals surface area (Å²) in [6.45, 7) is 4.32. The van der Waals surface area contributed by atoms with Crippen molar-refractivity contribution in [3.8, 4) is 16.9 Å². The molecule has 290 valence electrons. The molecule has 16 nitrogen and oxygen atoms in total. The fourth-order valence-corrected chi connectivity index (χ4v) is 6.22. The molecule has 55 heavy (non-hydrogen) atoms. The summed E-state index contributed by atoms with van der Waals surface area (Å²) in [7, 11) is -3.15. The number of nitrogens with one attached hydrogen (secondary N) is 1. The predicted octanol–water partition coefficient (Wildman–Crippen LogP) is 4.77. The molecule has 0 saturated carbocycles. The van der Waals surface area contributed by atoms with Crippen LogP contribution < -0.4 is 4.72 Å². The Morgan fingerprint density at radius 1 is 0.982 bits per heavy atom. The van der Waals surface area contributed by atoms with Crippen molar-refractivity contribution in [2.75, 3.05) is 13.7 Å². The number of hydrogen-bond acceptors (Lipinski definition) is 11. The molecule has 5 rings (SSSR count). The molecule has 1 aliphatic heterocycles. The standard InChI is InChI=1S/C35H34F3N7O9S/c1-21-9-11-24(12-10-21)29-19-30(35(36,37)38)39-44(29)25-13-15-26(16-14-25)55(51,52)40-31(46)17-18-32(47)53-20-22(2)42(4)45(50)41-54-23(3)43-33(48)27-7-5-6-8-28(27)34(43)49/h5-16,19,22-23H,17-18,20H2,1-4H3,(H,40,46)/b45-41-/t22-,23?/m0/s1. The zero-order valence-corrected chi connectivity index (χ0v) is 30.5. The summed E-state index contributed by atoms with van der Waals surface area (Å²) < 4.78 is 74.4. The van der Waals surface area contributed by atoms with Gasteiger partial charge in [-0.25, -0.2) is 22.7 Å². The van der Waals surface area contributed by atoms with E-state index in [1.165, 1.54) is 45.2 Å². The zero-order valence-electron chi connectivity index (χ0n) is 29.7. The van der Waals surface area contributed by atoms with Gasteiger partial charge in [-0.05, 0) is 63.2 Å². The molecule has 0 saturated heterocycles. The van der Waals surface area contributed by atoms with Crippen LogP contribution in [-0.2, 0) is 35.4 Å². The number of amides is 3. The summed E-state index contributed by atoms with van der Waals surface area (Å²) in [5, 5.41) is 20.5. The van der Waals surface area contributed by atoms with Gasteiger partial charge in [0.2, 0.25) is 17.4 Å². The summed E-state index contributed by atoms with van der Waals surface area (Å²) in [6, 6.07) is 17.6. The molecule has 20 heteroatoms. The average molecular weight is 786 g/mol. The number of hydrogen-bond donors (Lipinski definition) is 1. The predicted molar refractivity (Wildman–Crippen MR) is 185 cm³/mol. The number of aromatic nitrogens is 2. The number of aryl methyl sites for hydroxylation is 1. The largest absolute Gasteiger partial charge is 0.569 e. The third kappa shape index (κ3) is 9.08. The van der Waals surface area contributed by atoms with Crippen molar-refractivity contribution in [2.45, 2.75) is 57.0 Å². The van der Waals surface area contributed by atoms with Crippen LogP contribution in [0.25, 0.3) is 16.9 Å². The van der Waals surface area contributed by atoms with Gasteiger partial charge in [0, 0.05) is 12.0 Å². The van der Waals surface area contributed by atoms with E-state index in [0.29, 0.717) is 5.56 Å².